The van der Waals surface area contributed by atoms with Gasteiger partial charge in [0.1, 0.15) is 6.61 Å². The molecule has 0 unspecified atom stereocenters. The van der Waals surface area contributed by atoms with Crippen molar-refractivity contribution in [2.75, 3.05) is 6.61 Å². The van der Waals surface area contributed by atoms with Crippen LogP contribution in [0.4, 0.5) is 0 Å². The maximum Gasteiger partial charge on any atom is 0.228 e. The van der Waals surface area contributed by atoms with Gasteiger partial charge in [0.2, 0.25) is 5.88 Å². The van der Waals surface area contributed by atoms with E-state index in [1.54, 1.807) is 6.07 Å². The molecule has 0 radical (unpaired) electrons. The van der Waals surface area contributed by atoms with E-state index >= 15 is 0 Å². The van der Waals surface area contributed by atoms with Crippen LogP contribution in [0.2, 0.25) is 5.02 Å². The van der Waals surface area contributed by atoms with Crippen LogP contribution < -0.4 is 10.5 Å². The average molecular weight is 280 g/mol. The van der Waals surface area contributed by atoms with Crippen molar-refractivity contribution in [3.8, 4) is 5.88 Å². The van der Waals surface area contributed by atoms with Crippen LogP contribution in [0.5, 0.6) is 5.88 Å². The largest absolute Gasteiger partial charge is 0.475 e. The standard InChI is InChI=1S/C9H12BrClN2O/c1-9(2,12)5-14-8-7(10)3-6(11)4-13-8/h3-4H,5,12H2,1-2H3. The minimum atomic E-state index is -0.374. The van der Waals surface area contributed by atoms with E-state index in [0.29, 0.717) is 17.5 Å². The van der Waals surface area contributed by atoms with Crippen molar-refractivity contribution in [1.29, 1.82) is 0 Å². The average Bonchev–Trinajstić information content (AvgIpc) is 2.00. The second-order valence-electron chi connectivity index (χ2n) is 3.72. The van der Waals surface area contributed by atoms with Crippen molar-refractivity contribution in [1.82, 2.24) is 4.98 Å². The summed E-state index contributed by atoms with van der Waals surface area (Å²) in [6.45, 7) is 4.17. The maximum absolute atomic E-state index is 5.77. The van der Waals surface area contributed by atoms with Crippen LogP contribution in [0.15, 0.2) is 16.7 Å². The van der Waals surface area contributed by atoms with E-state index in [1.807, 2.05) is 13.8 Å². The lowest BCUT2D eigenvalue weighted by Gasteiger charge is -2.18. The van der Waals surface area contributed by atoms with Gasteiger partial charge in [-0.3, -0.25) is 0 Å². The molecule has 0 fully saturated rings. The van der Waals surface area contributed by atoms with Gasteiger partial charge in [-0.05, 0) is 35.8 Å². The molecule has 1 heterocycles. The first-order valence-corrected chi connectivity index (χ1v) is 5.28. The Labute approximate surface area is 96.7 Å². The lowest BCUT2D eigenvalue weighted by molar-refractivity contribution is 0.234. The Bertz CT molecular complexity index is 325. The molecule has 0 amide bonds. The first-order valence-electron chi connectivity index (χ1n) is 4.11. The summed E-state index contributed by atoms with van der Waals surface area (Å²) in [6, 6.07) is 1.73. The predicted molar refractivity (Wildman–Crippen MR) is 60.7 cm³/mol. The van der Waals surface area contributed by atoms with Crippen molar-refractivity contribution < 1.29 is 4.74 Å². The summed E-state index contributed by atoms with van der Waals surface area (Å²) >= 11 is 9.04. The van der Waals surface area contributed by atoms with Crippen molar-refractivity contribution in [2.24, 2.45) is 5.73 Å². The highest BCUT2D eigenvalue weighted by Gasteiger charge is 2.13. The molecule has 2 N–H and O–H groups in total. The Balaban J connectivity index is 2.68. The molecule has 0 aliphatic carbocycles. The van der Waals surface area contributed by atoms with Gasteiger partial charge >= 0.3 is 0 Å². The number of halogens is 2. The van der Waals surface area contributed by atoms with Crippen LogP contribution in [0, 0.1) is 0 Å². The zero-order valence-corrected chi connectivity index (χ0v) is 10.4. The second kappa shape index (κ2) is 4.47. The zero-order valence-electron chi connectivity index (χ0n) is 8.05. The Morgan fingerprint density at radius 2 is 2.29 bits per heavy atom. The summed E-state index contributed by atoms with van der Waals surface area (Å²) in [4.78, 5) is 4.02. The minimum Gasteiger partial charge on any atom is -0.475 e. The van der Waals surface area contributed by atoms with Crippen LogP contribution in [0.1, 0.15) is 13.8 Å². The lowest BCUT2D eigenvalue weighted by atomic mass is 10.1. The first-order chi connectivity index (χ1) is 6.38. The minimum absolute atomic E-state index is 0.374. The Morgan fingerprint density at radius 3 is 2.79 bits per heavy atom. The summed E-state index contributed by atoms with van der Waals surface area (Å²) < 4.78 is 6.15. The molecule has 0 saturated carbocycles. The molecule has 1 aromatic heterocycles. The van der Waals surface area contributed by atoms with Gasteiger partial charge in [-0.25, -0.2) is 4.98 Å². The SMILES string of the molecule is CC(C)(N)COc1ncc(Cl)cc1Br. The van der Waals surface area contributed by atoms with Crippen LogP contribution in [0.25, 0.3) is 0 Å². The molecule has 0 aliphatic rings. The Kier molecular flexibility index (Phi) is 3.75. The fraction of sp³-hybridized carbons (Fsp3) is 0.444. The van der Waals surface area contributed by atoms with Gasteiger partial charge in [0, 0.05) is 11.7 Å². The van der Waals surface area contributed by atoms with E-state index in [4.69, 9.17) is 22.1 Å². The molecule has 1 rings (SSSR count). The number of nitrogens with zero attached hydrogens (tertiary/aromatic N) is 1. The van der Waals surface area contributed by atoms with E-state index < -0.39 is 0 Å². The molecule has 0 aromatic carbocycles. The molecule has 78 valence electrons. The number of aromatic nitrogens is 1. The molecule has 0 spiro atoms. The van der Waals surface area contributed by atoms with Gasteiger partial charge in [-0.15, -0.1) is 0 Å². The van der Waals surface area contributed by atoms with E-state index in [9.17, 15) is 0 Å². The monoisotopic (exact) mass is 278 g/mol. The van der Waals surface area contributed by atoms with Crippen molar-refractivity contribution in [3.05, 3.63) is 21.8 Å². The molecule has 0 atom stereocenters. The van der Waals surface area contributed by atoms with E-state index in [-0.39, 0.29) is 5.54 Å². The molecule has 14 heavy (non-hydrogen) atoms. The number of pyridine rings is 1. The molecule has 3 nitrogen and oxygen atoms in total. The van der Waals surface area contributed by atoms with E-state index in [1.165, 1.54) is 6.20 Å². The number of hydrogen-bond acceptors (Lipinski definition) is 3. The Morgan fingerprint density at radius 1 is 1.64 bits per heavy atom. The fourth-order valence-electron chi connectivity index (χ4n) is 0.763. The van der Waals surface area contributed by atoms with Gasteiger partial charge in [0.25, 0.3) is 0 Å². The van der Waals surface area contributed by atoms with E-state index in [0.717, 1.165) is 4.47 Å². The Hall–Kier alpha value is -0.320. The summed E-state index contributed by atoms with van der Waals surface area (Å²) in [5.74, 6) is 0.507. The second-order valence-corrected chi connectivity index (χ2v) is 5.01. The van der Waals surface area contributed by atoms with Crippen LogP contribution in [-0.2, 0) is 0 Å². The summed E-state index contributed by atoms with van der Waals surface area (Å²) in [5, 5.41) is 0.566. The van der Waals surface area contributed by atoms with Gasteiger partial charge in [0.15, 0.2) is 0 Å². The smallest absolute Gasteiger partial charge is 0.228 e. The molecule has 0 aliphatic heterocycles. The summed E-state index contributed by atoms with van der Waals surface area (Å²) in [5.41, 5.74) is 5.39. The summed E-state index contributed by atoms with van der Waals surface area (Å²) in [6.07, 6.45) is 1.53. The highest BCUT2D eigenvalue weighted by molar-refractivity contribution is 9.10. The quantitative estimate of drug-likeness (QED) is 0.925. The number of hydrogen-bond donors (Lipinski definition) is 1. The predicted octanol–water partition coefficient (Wildman–Crippen LogP) is 2.61. The first kappa shape index (κ1) is 11.8. The third kappa shape index (κ3) is 3.82. The molecule has 0 bridgehead atoms. The van der Waals surface area contributed by atoms with Crippen LogP contribution in [-0.4, -0.2) is 17.1 Å². The van der Waals surface area contributed by atoms with Gasteiger partial charge in [-0.1, -0.05) is 11.6 Å². The van der Waals surface area contributed by atoms with Gasteiger partial charge in [-0.2, -0.15) is 0 Å². The van der Waals surface area contributed by atoms with Crippen LogP contribution in [0.3, 0.4) is 0 Å². The number of rotatable bonds is 3. The van der Waals surface area contributed by atoms with Gasteiger partial charge in [0.05, 0.1) is 9.50 Å². The molecule has 5 heteroatoms. The third-order valence-electron chi connectivity index (χ3n) is 1.35. The highest BCUT2D eigenvalue weighted by atomic mass is 79.9. The highest BCUT2D eigenvalue weighted by Crippen LogP contribution is 2.25. The fourth-order valence-corrected chi connectivity index (χ4v) is 1.52. The van der Waals surface area contributed by atoms with E-state index in [2.05, 4.69) is 20.9 Å². The van der Waals surface area contributed by atoms with Crippen molar-refractivity contribution >= 4 is 27.5 Å². The molecular formula is C9H12BrClN2O. The van der Waals surface area contributed by atoms with Crippen molar-refractivity contribution in [3.63, 3.8) is 0 Å². The van der Waals surface area contributed by atoms with Gasteiger partial charge < -0.3 is 10.5 Å². The van der Waals surface area contributed by atoms with Crippen molar-refractivity contribution in [2.45, 2.75) is 19.4 Å². The number of nitrogens with two attached hydrogens (primary N) is 1. The lowest BCUT2D eigenvalue weighted by Crippen LogP contribution is -2.38. The maximum atomic E-state index is 5.77. The molecule has 0 saturated heterocycles. The molecule has 1 aromatic rings. The zero-order chi connectivity index (χ0) is 10.8. The van der Waals surface area contributed by atoms with Crippen LogP contribution >= 0.6 is 27.5 Å². The normalized spacial score (nSPS) is 11.5. The third-order valence-corrected chi connectivity index (χ3v) is 2.13. The summed E-state index contributed by atoms with van der Waals surface area (Å²) in [7, 11) is 0. The topological polar surface area (TPSA) is 48.1 Å². The molecular weight excluding hydrogens is 267 g/mol. The number of ether oxygens (including phenoxy) is 1.